The quantitative estimate of drug-likeness (QED) is 0.867. The van der Waals surface area contributed by atoms with Crippen molar-refractivity contribution in [3.63, 3.8) is 0 Å². The number of nitrogens with zero attached hydrogens (tertiary/aromatic N) is 1. The second-order valence-electron chi connectivity index (χ2n) is 5.06. The van der Waals surface area contributed by atoms with Gasteiger partial charge in [0.25, 0.3) is 5.91 Å². The summed E-state index contributed by atoms with van der Waals surface area (Å²) in [5.41, 5.74) is 1.87. The minimum Gasteiger partial charge on any atom is -0.376 e. The molecule has 0 radical (unpaired) electrons. The highest BCUT2D eigenvalue weighted by molar-refractivity contribution is 5.94. The van der Waals surface area contributed by atoms with Gasteiger partial charge in [-0.3, -0.25) is 4.79 Å². The van der Waals surface area contributed by atoms with Crippen LogP contribution in [-0.4, -0.2) is 38.3 Å². The Balaban J connectivity index is 1.89. The van der Waals surface area contributed by atoms with Gasteiger partial charge in [-0.15, -0.1) is 0 Å². The Bertz CT molecular complexity index is 421. The Morgan fingerprint density at radius 2 is 2.00 bits per heavy atom. The molecule has 1 N–H and O–H groups in total. The third kappa shape index (κ3) is 3.73. The molecule has 0 unspecified atom stereocenters. The third-order valence-electron chi connectivity index (χ3n) is 3.77. The number of nitrogens with one attached hydrogen (secondary N) is 1. The van der Waals surface area contributed by atoms with Crippen molar-refractivity contribution in [1.82, 2.24) is 5.32 Å². The maximum Gasteiger partial charge on any atom is 0.251 e. The molecule has 1 aliphatic rings. The van der Waals surface area contributed by atoms with Gasteiger partial charge in [-0.2, -0.15) is 0 Å². The molecule has 0 aromatic heterocycles. The first-order valence-corrected chi connectivity index (χ1v) is 7.49. The molecule has 1 aromatic carbocycles. The van der Waals surface area contributed by atoms with Crippen LogP contribution in [0.15, 0.2) is 24.3 Å². The molecule has 4 nitrogen and oxygen atoms in total. The molecule has 1 fully saturated rings. The molecule has 1 aromatic rings. The summed E-state index contributed by atoms with van der Waals surface area (Å²) in [6.07, 6.45) is 2.33. The molecular formula is C16H24N2O2. The van der Waals surface area contributed by atoms with E-state index in [1.165, 1.54) is 0 Å². The second kappa shape index (κ2) is 7.29. The van der Waals surface area contributed by atoms with E-state index in [-0.39, 0.29) is 12.0 Å². The lowest BCUT2D eigenvalue weighted by Gasteiger charge is -2.21. The number of carbonyl (C=O) groups excluding carboxylic acids is 1. The lowest BCUT2D eigenvalue weighted by molar-refractivity contribution is 0.0858. The molecule has 1 atom stereocenters. The maximum atomic E-state index is 12.0. The number of ether oxygens (including phenoxy) is 1. The summed E-state index contributed by atoms with van der Waals surface area (Å²) >= 11 is 0. The fourth-order valence-corrected chi connectivity index (χ4v) is 2.53. The lowest BCUT2D eigenvalue weighted by atomic mass is 10.1. The number of amides is 1. The Morgan fingerprint density at radius 3 is 2.55 bits per heavy atom. The average Bonchev–Trinajstić information content (AvgIpc) is 3.00. The van der Waals surface area contributed by atoms with E-state index in [0.717, 1.165) is 38.2 Å². The van der Waals surface area contributed by atoms with Crippen molar-refractivity contribution >= 4 is 11.6 Å². The normalized spacial score (nSPS) is 18.0. The van der Waals surface area contributed by atoms with E-state index in [4.69, 9.17) is 4.74 Å². The second-order valence-corrected chi connectivity index (χ2v) is 5.06. The molecule has 1 aliphatic heterocycles. The van der Waals surface area contributed by atoms with Gasteiger partial charge in [0.1, 0.15) is 0 Å². The van der Waals surface area contributed by atoms with E-state index in [9.17, 15) is 4.79 Å². The summed E-state index contributed by atoms with van der Waals surface area (Å²) < 4.78 is 5.50. The number of carbonyl (C=O) groups is 1. The Morgan fingerprint density at radius 1 is 1.30 bits per heavy atom. The van der Waals surface area contributed by atoms with Crippen molar-refractivity contribution in [2.24, 2.45) is 0 Å². The van der Waals surface area contributed by atoms with Crippen molar-refractivity contribution in [2.45, 2.75) is 32.8 Å². The molecule has 110 valence electrons. The summed E-state index contributed by atoms with van der Waals surface area (Å²) in [7, 11) is 0. The third-order valence-corrected chi connectivity index (χ3v) is 3.77. The van der Waals surface area contributed by atoms with Gasteiger partial charge in [0.15, 0.2) is 0 Å². The van der Waals surface area contributed by atoms with E-state index in [1.54, 1.807) is 0 Å². The highest BCUT2D eigenvalue weighted by Crippen LogP contribution is 2.15. The van der Waals surface area contributed by atoms with Gasteiger partial charge in [0, 0.05) is 37.5 Å². The van der Waals surface area contributed by atoms with Gasteiger partial charge in [-0.05, 0) is 51.0 Å². The summed E-state index contributed by atoms with van der Waals surface area (Å²) in [5, 5.41) is 2.94. The molecule has 1 amide bonds. The highest BCUT2D eigenvalue weighted by Gasteiger charge is 2.16. The first-order valence-electron chi connectivity index (χ1n) is 7.49. The van der Waals surface area contributed by atoms with Gasteiger partial charge in [-0.25, -0.2) is 0 Å². The van der Waals surface area contributed by atoms with Gasteiger partial charge in [0.05, 0.1) is 6.10 Å². The number of benzene rings is 1. The molecule has 20 heavy (non-hydrogen) atoms. The fourth-order valence-electron chi connectivity index (χ4n) is 2.53. The minimum absolute atomic E-state index is 0.0217. The zero-order chi connectivity index (χ0) is 14.4. The molecule has 0 saturated carbocycles. The predicted molar refractivity (Wildman–Crippen MR) is 81.3 cm³/mol. The molecule has 0 aliphatic carbocycles. The zero-order valence-corrected chi connectivity index (χ0v) is 12.4. The van der Waals surface area contributed by atoms with Crippen LogP contribution in [0.3, 0.4) is 0 Å². The molecule has 2 rings (SSSR count). The number of anilines is 1. The van der Waals surface area contributed by atoms with Crippen molar-refractivity contribution in [1.29, 1.82) is 0 Å². The Hall–Kier alpha value is -1.55. The summed E-state index contributed by atoms with van der Waals surface area (Å²) in [5.74, 6) is -0.0217. The van der Waals surface area contributed by atoms with E-state index >= 15 is 0 Å². The van der Waals surface area contributed by atoms with E-state index in [2.05, 4.69) is 24.1 Å². The minimum atomic E-state index is -0.0217. The van der Waals surface area contributed by atoms with Crippen LogP contribution in [0.4, 0.5) is 5.69 Å². The first kappa shape index (κ1) is 14.9. The summed E-state index contributed by atoms with van der Waals surface area (Å²) in [4.78, 5) is 14.3. The monoisotopic (exact) mass is 276 g/mol. The van der Waals surface area contributed by atoms with E-state index in [0.29, 0.717) is 12.1 Å². The van der Waals surface area contributed by atoms with Crippen LogP contribution < -0.4 is 10.2 Å². The Labute approximate surface area is 121 Å². The SMILES string of the molecule is CCN(CC)c1ccc(C(=O)NC[C@@H]2CCCO2)cc1. The van der Waals surface area contributed by atoms with Crippen LogP contribution in [0.25, 0.3) is 0 Å². The van der Waals surface area contributed by atoms with Gasteiger partial charge in [-0.1, -0.05) is 0 Å². The fraction of sp³-hybridized carbons (Fsp3) is 0.562. The maximum absolute atomic E-state index is 12.0. The lowest BCUT2D eigenvalue weighted by Crippen LogP contribution is -2.31. The van der Waals surface area contributed by atoms with E-state index < -0.39 is 0 Å². The number of hydrogen-bond donors (Lipinski definition) is 1. The van der Waals surface area contributed by atoms with Crippen LogP contribution in [0.1, 0.15) is 37.0 Å². The van der Waals surface area contributed by atoms with Gasteiger partial charge in [0.2, 0.25) is 0 Å². The van der Waals surface area contributed by atoms with Crippen molar-refractivity contribution in [3.05, 3.63) is 29.8 Å². The topological polar surface area (TPSA) is 41.6 Å². The molecule has 1 heterocycles. The van der Waals surface area contributed by atoms with Crippen molar-refractivity contribution in [3.8, 4) is 0 Å². The molecular weight excluding hydrogens is 252 g/mol. The van der Waals surface area contributed by atoms with Crippen LogP contribution in [0.5, 0.6) is 0 Å². The van der Waals surface area contributed by atoms with Crippen LogP contribution in [0.2, 0.25) is 0 Å². The van der Waals surface area contributed by atoms with Crippen molar-refractivity contribution < 1.29 is 9.53 Å². The number of rotatable bonds is 6. The summed E-state index contributed by atoms with van der Waals surface area (Å²) in [6, 6.07) is 7.79. The number of hydrogen-bond acceptors (Lipinski definition) is 3. The van der Waals surface area contributed by atoms with Crippen LogP contribution in [0, 0.1) is 0 Å². The molecule has 0 spiro atoms. The standard InChI is InChI=1S/C16H24N2O2/c1-3-18(4-2)14-9-7-13(8-10-14)16(19)17-12-15-6-5-11-20-15/h7-10,15H,3-6,11-12H2,1-2H3,(H,17,19)/t15-/m0/s1. The largest absolute Gasteiger partial charge is 0.376 e. The first-order chi connectivity index (χ1) is 9.74. The van der Waals surface area contributed by atoms with E-state index in [1.807, 2.05) is 24.3 Å². The highest BCUT2D eigenvalue weighted by atomic mass is 16.5. The smallest absolute Gasteiger partial charge is 0.251 e. The predicted octanol–water partition coefficient (Wildman–Crippen LogP) is 2.44. The van der Waals surface area contributed by atoms with Crippen LogP contribution >= 0.6 is 0 Å². The average molecular weight is 276 g/mol. The molecule has 0 bridgehead atoms. The molecule has 1 saturated heterocycles. The van der Waals surface area contributed by atoms with Gasteiger partial charge < -0.3 is 15.0 Å². The van der Waals surface area contributed by atoms with Gasteiger partial charge >= 0.3 is 0 Å². The van der Waals surface area contributed by atoms with Crippen molar-refractivity contribution in [2.75, 3.05) is 31.1 Å². The van der Waals surface area contributed by atoms with Crippen LogP contribution in [-0.2, 0) is 4.74 Å². The Kier molecular flexibility index (Phi) is 5.41. The summed E-state index contributed by atoms with van der Waals surface area (Å²) in [6.45, 7) is 7.63. The zero-order valence-electron chi connectivity index (χ0n) is 12.4. The molecule has 4 heteroatoms.